The lowest BCUT2D eigenvalue weighted by Gasteiger charge is -2.19. The third kappa shape index (κ3) is 4.75. The first-order valence-electron chi connectivity index (χ1n) is 5.31. The molecule has 0 radical (unpaired) electrons. The molecule has 0 bridgehead atoms. The zero-order valence-electron chi connectivity index (χ0n) is 10.5. The number of carboxylic acid groups (broad SMARTS) is 1. The van der Waals surface area contributed by atoms with Crippen molar-refractivity contribution in [2.75, 3.05) is 5.75 Å². The zero-order valence-corrected chi connectivity index (χ0v) is 11.3. The van der Waals surface area contributed by atoms with E-state index in [1.54, 1.807) is 20.8 Å². The molecule has 1 rings (SSSR count). The molecule has 1 aromatic heterocycles. The molecule has 0 amide bonds. The summed E-state index contributed by atoms with van der Waals surface area (Å²) in [5.74, 6) is -1.36. The Hall–Kier alpha value is -1.56. The van der Waals surface area contributed by atoms with Crippen molar-refractivity contribution in [1.82, 2.24) is 4.98 Å². The van der Waals surface area contributed by atoms with E-state index in [0.717, 1.165) is 11.8 Å². The second kappa shape index (κ2) is 5.86. The smallest absolute Gasteiger partial charge is 0.336 e. The van der Waals surface area contributed by atoms with Gasteiger partial charge in [0.25, 0.3) is 0 Å². The van der Waals surface area contributed by atoms with Crippen molar-refractivity contribution in [3.63, 3.8) is 0 Å². The van der Waals surface area contributed by atoms with E-state index in [4.69, 9.17) is 9.84 Å². The molecule has 0 aliphatic carbocycles. The van der Waals surface area contributed by atoms with Gasteiger partial charge in [-0.15, -0.1) is 11.8 Å². The Balaban J connectivity index is 2.64. The predicted octanol–water partition coefficient (Wildman–Crippen LogP) is 2.21. The summed E-state index contributed by atoms with van der Waals surface area (Å²) in [5, 5.41) is 8.96. The molecule has 0 aliphatic rings. The van der Waals surface area contributed by atoms with Gasteiger partial charge in [0.1, 0.15) is 5.60 Å². The van der Waals surface area contributed by atoms with Crippen LogP contribution in [0.1, 0.15) is 31.1 Å². The van der Waals surface area contributed by atoms with Gasteiger partial charge in [-0.3, -0.25) is 9.78 Å². The van der Waals surface area contributed by atoms with Crippen LogP contribution < -0.4 is 0 Å². The molecule has 5 nitrogen and oxygen atoms in total. The summed E-state index contributed by atoms with van der Waals surface area (Å²) < 4.78 is 5.13. The lowest BCUT2D eigenvalue weighted by molar-refractivity contribution is -0.151. The Kier molecular flexibility index (Phi) is 4.72. The second-order valence-electron chi connectivity index (χ2n) is 4.55. The maximum Gasteiger partial charge on any atom is 0.336 e. The molecule has 0 fully saturated rings. The third-order valence-corrected chi connectivity index (χ3v) is 2.80. The minimum absolute atomic E-state index is 0.0588. The van der Waals surface area contributed by atoms with Gasteiger partial charge in [-0.2, -0.15) is 0 Å². The van der Waals surface area contributed by atoms with Gasteiger partial charge in [0.2, 0.25) is 0 Å². The molecule has 6 heteroatoms. The summed E-state index contributed by atoms with van der Waals surface area (Å²) in [5.41, 5.74) is -0.402. The highest BCUT2D eigenvalue weighted by molar-refractivity contribution is 8.00. The summed E-state index contributed by atoms with van der Waals surface area (Å²) in [6.45, 7) is 5.34. The first kappa shape index (κ1) is 14.5. The summed E-state index contributed by atoms with van der Waals surface area (Å²) in [7, 11) is 0. The number of nitrogens with zero attached hydrogens (tertiary/aromatic N) is 1. The van der Waals surface area contributed by atoms with Crippen LogP contribution in [0.2, 0.25) is 0 Å². The molecule has 1 heterocycles. The second-order valence-corrected chi connectivity index (χ2v) is 5.57. The number of aromatic carboxylic acids is 1. The van der Waals surface area contributed by atoms with Crippen molar-refractivity contribution < 1.29 is 19.4 Å². The van der Waals surface area contributed by atoms with Crippen molar-refractivity contribution in [3.8, 4) is 0 Å². The van der Waals surface area contributed by atoms with E-state index in [-0.39, 0.29) is 17.3 Å². The standard InChI is InChI=1S/C12H15NO4S/c1-12(2,3)17-10(14)7-18-9-6-13-5-4-8(9)11(15)16/h4-6H,7H2,1-3H3,(H,15,16). The van der Waals surface area contributed by atoms with Crippen LogP contribution >= 0.6 is 11.8 Å². The van der Waals surface area contributed by atoms with E-state index >= 15 is 0 Å². The topological polar surface area (TPSA) is 76.5 Å². The molecule has 18 heavy (non-hydrogen) atoms. The number of hydrogen-bond acceptors (Lipinski definition) is 5. The number of aromatic nitrogens is 1. The van der Waals surface area contributed by atoms with E-state index < -0.39 is 11.6 Å². The van der Waals surface area contributed by atoms with Crippen LogP contribution in [-0.4, -0.2) is 33.4 Å². The molecule has 0 aliphatic heterocycles. The largest absolute Gasteiger partial charge is 0.478 e. The van der Waals surface area contributed by atoms with Gasteiger partial charge in [-0.25, -0.2) is 4.79 Å². The van der Waals surface area contributed by atoms with E-state index in [2.05, 4.69) is 4.98 Å². The number of hydrogen-bond donors (Lipinski definition) is 1. The lowest BCUT2D eigenvalue weighted by atomic mass is 10.2. The Morgan fingerprint density at radius 3 is 2.67 bits per heavy atom. The van der Waals surface area contributed by atoms with Crippen LogP contribution in [0.15, 0.2) is 23.4 Å². The van der Waals surface area contributed by atoms with Gasteiger partial charge >= 0.3 is 11.9 Å². The fraction of sp³-hybridized carbons (Fsp3) is 0.417. The van der Waals surface area contributed by atoms with Crippen molar-refractivity contribution in [1.29, 1.82) is 0 Å². The Morgan fingerprint density at radius 2 is 2.11 bits per heavy atom. The number of carbonyl (C=O) groups excluding carboxylic acids is 1. The van der Waals surface area contributed by atoms with Gasteiger partial charge in [0.05, 0.1) is 11.3 Å². The molecule has 0 spiro atoms. The van der Waals surface area contributed by atoms with Gasteiger partial charge in [0.15, 0.2) is 0 Å². The number of thioether (sulfide) groups is 1. The van der Waals surface area contributed by atoms with Crippen LogP contribution in [0.5, 0.6) is 0 Å². The highest BCUT2D eigenvalue weighted by Gasteiger charge is 2.17. The molecular weight excluding hydrogens is 254 g/mol. The van der Waals surface area contributed by atoms with Crippen LogP contribution in [0.3, 0.4) is 0 Å². The Morgan fingerprint density at radius 1 is 1.44 bits per heavy atom. The molecule has 98 valence electrons. The number of ether oxygens (including phenoxy) is 1. The highest BCUT2D eigenvalue weighted by atomic mass is 32.2. The number of carbonyl (C=O) groups is 2. The van der Waals surface area contributed by atoms with Crippen molar-refractivity contribution in [2.45, 2.75) is 31.3 Å². The monoisotopic (exact) mass is 269 g/mol. The lowest BCUT2D eigenvalue weighted by Crippen LogP contribution is -2.24. The quantitative estimate of drug-likeness (QED) is 0.667. The van der Waals surface area contributed by atoms with Crippen LogP contribution in [0, 0.1) is 0 Å². The van der Waals surface area contributed by atoms with Gasteiger partial charge in [-0.05, 0) is 26.8 Å². The van der Waals surface area contributed by atoms with Gasteiger partial charge in [0, 0.05) is 17.3 Å². The van der Waals surface area contributed by atoms with Crippen molar-refractivity contribution >= 4 is 23.7 Å². The maximum atomic E-state index is 11.5. The average molecular weight is 269 g/mol. The minimum Gasteiger partial charge on any atom is -0.478 e. The summed E-state index contributed by atoms with van der Waals surface area (Å²) in [4.78, 5) is 26.7. The fourth-order valence-electron chi connectivity index (χ4n) is 1.18. The molecule has 0 saturated heterocycles. The van der Waals surface area contributed by atoms with Crippen LogP contribution in [-0.2, 0) is 9.53 Å². The van der Waals surface area contributed by atoms with Gasteiger partial charge in [-0.1, -0.05) is 0 Å². The van der Waals surface area contributed by atoms with E-state index in [9.17, 15) is 9.59 Å². The SMILES string of the molecule is CC(C)(C)OC(=O)CSc1cnccc1C(=O)O. The third-order valence-electron chi connectivity index (χ3n) is 1.78. The molecular formula is C12H15NO4S. The normalized spacial score (nSPS) is 11.1. The Labute approximate surface area is 110 Å². The zero-order chi connectivity index (χ0) is 13.8. The van der Waals surface area contributed by atoms with E-state index in [1.807, 2.05) is 0 Å². The number of pyridine rings is 1. The number of esters is 1. The first-order valence-corrected chi connectivity index (χ1v) is 6.30. The molecule has 1 aromatic rings. The molecule has 0 atom stereocenters. The number of carboxylic acids is 1. The molecule has 0 saturated carbocycles. The predicted molar refractivity (Wildman–Crippen MR) is 67.8 cm³/mol. The highest BCUT2D eigenvalue weighted by Crippen LogP contribution is 2.22. The van der Waals surface area contributed by atoms with Crippen molar-refractivity contribution in [3.05, 3.63) is 24.0 Å². The number of rotatable bonds is 4. The molecule has 1 N–H and O–H groups in total. The summed E-state index contributed by atoms with van der Waals surface area (Å²) >= 11 is 1.11. The molecule has 0 unspecified atom stereocenters. The van der Waals surface area contributed by atoms with Gasteiger partial charge < -0.3 is 9.84 Å². The van der Waals surface area contributed by atoms with Crippen LogP contribution in [0.25, 0.3) is 0 Å². The first-order chi connectivity index (χ1) is 8.29. The van der Waals surface area contributed by atoms with Crippen molar-refractivity contribution in [2.24, 2.45) is 0 Å². The maximum absolute atomic E-state index is 11.5. The minimum atomic E-state index is -1.04. The van der Waals surface area contributed by atoms with E-state index in [0.29, 0.717) is 4.90 Å². The Bertz CT molecular complexity index is 454. The summed E-state index contributed by atoms with van der Waals surface area (Å²) in [6.07, 6.45) is 2.83. The average Bonchev–Trinajstić information content (AvgIpc) is 2.24. The summed E-state index contributed by atoms with van der Waals surface area (Å²) in [6, 6.07) is 1.40. The van der Waals surface area contributed by atoms with E-state index in [1.165, 1.54) is 18.5 Å². The molecule has 0 aromatic carbocycles. The van der Waals surface area contributed by atoms with Crippen LogP contribution in [0.4, 0.5) is 0 Å². The fourth-order valence-corrected chi connectivity index (χ4v) is 1.96.